The number of amides is 2. The highest BCUT2D eigenvalue weighted by Crippen LogP contribution is 2.17. The fourth-order valence-electron chi connectivity index (χ4n) is 2.79. The highest BCUT2D eigenvalue weighted by atomic mass is 16.2. The molecule has 2 rings (SSSR count). The normalized spacial score (nSPS) is 19.9. The Balaban J connectivity index is 1.94. The summed E-state index contributed by atoms with van der Waals surface area (Å²) in [6, 6.07) is 9.21. The van der Waals surface area contributed by atoms with Gasteiger partial charge in [-0.15, -0.1) is 0 Å². The molecule has 0 radical (unpaired) electrons. The minimum atomic E-state index is -0.546. The summed E-state index contributed by atoms with van der Waals surface area (Å²) < 4.78 is 0. The number of carbonyl (C=O) groups excluding carboxylic acids is 2. The van der Waals surface area contributed by atoms with Crippen molar-refractivity contribution in [2.75, 3.05) is 20.1 Å². The molecule has 0 aromatic heterocycles. The molecule has 1 unspecified atom stereocenters. The summed E-state index contributed by atoms with van der Waals surface area (Å²) in [4.78, 5) is 25.9. The predicted molar refractivity (Wildman–Crippen MR) is 81.5 cm³/mol. The fourth-order valence-corrected chi connectivity index (χ4v) is 2.79. The average Bonchev–Trinajstić information content (AvgIpc) is 2.54. The number of likely N-dealkylation sites (tertiary alicyclic amines) is 1. The second-order valence-electron chi connectivity index (χ2n) is 5.53. The highest BCUT2D eigenvalue weighted by Gasteiger charge is 2.30. The summed E-state index contributed by atoms with van der Waals surface area (Å²) in [5.41, 5.74) is 7.10. The Hall–Kier alpha value is -1.88. The quantitative estimate of drug-likeness (QED) is 0.849. The van der Waals surface area contributed by atoms with Crippen LogP contribution in [-0.2, 0) is 16.0 Å². The molecule has 2 atom stereocenters. The number of hydrogen-bond acceptors (Lipinski definition) is 3. The first-order chi connectivity index (χ1) is 10.1. The van der Waals surface area contributed by atoms with Gasteiger partial charge in [-0.3, -0.25) is 9.59 Å². The van der Waals surface area contributed by atoms with E-state index in [9.17, 15) is 9.59 Å². The minimum Gasteiger partial charge on any atom is -0.359 e. The lowest BCUT2D eigenvalue weighted by atomic mass is 9.96. The number of nitrogens with zero attached hydrogens (tertiary/aromatic N) is 1. The van der Waals surface area contributed by atoms with E-state index in [2.05, 4.69) is 5.32 Å². The van der Waals surface area contributed by atoms with Gasteiger partial charge >= 0.3 is 0 Å². The van der Waals surface area contributed by atoms with Crippen LogP contribution in [0.2, 0.25) is 0 Å². The third-order valence-corrected chi connectivity index (χ3v) is 3.97. The summed E-state index contributed by atoms with van der Waals surface area (Å²) in [6.07, 6.45) is 2.21. The molecule has 5 heteroatoms. The molecule has 0 aliphatic carbocycles. The molecular formula is C16H23N3O2. The molecule has 1 fully saturated rings. The molecule has 21 heavy (non-hydrogen) atoms. The number of piperidine rings is 1. The fraction of sp³-hybridized carbons (Fsp3) is 0.500. The second-order valence-corrected chi connectivity index (χ2v) is 5.53. The zero-order chi connectivity index (χ0) is 15.2. The van der Waals surface area contributed by atoms with Crippen LogP contribution in [0.5, 0.6) is 0 Å². The molecule has 0 bridgehead atoms. The monoisotopic (exact) mass is 289 g/mol. The Labute approximate surface area is 125 Å². The van der Waals surface area contributed by atoms with Crippen LogP contribution in [0.1, 0.15) is 18.4 Å². The van der Waals surface area contributed by atoms with Gasteiger partial charge in [0.1, 0.15) is 0 Å². The van der Waals surface area contributed by atoms with Crippen molar-refractivity contribution in [2.24, 2.45) is 11.7 Å². The minimum absolute atomic E-state index is 0.00382. The third kappa shape index (κ3) is 4.04. The number of benzene rings is 1. The number of hydrogen-bond donors (Lipinski definition) is 2. The van der Waals surface area contributed by atoms with Crippen LogP contribution in [-0.4, -0.2) is 42.9 Å². The number of rotatable bonds is 4. The van der Waals surface area contributed by atoms with Crippen LogP contribution < -0.4 is 11.1 Å². The molecule has 0 saturated carbocycles. The highest BCUT2D eigenvalue weighted by molar-refractivity contribution is 5.84. The predicted octanol–water partition coefficient (Wildman–Crippen LogP) is 0.541. The van der Waals surface area contributed by atoms with Gasteiger partial charge in [0.25, 0.3) is 0 Å². The second kappa shape index (κ2) is 7.22. The Morgan fingerprint density at radius 3 is 2.76 bits per heavy atom. The van der Waals surface area contributed by atoms with Gasteiger partial charge in [0.2, 0.25) is 11.8 Å². The molecule has 114 valence electrons. The zero-order valence-electron chi connectivity index (χ0n) is 12.4. The molecule has 1 saturated heterocycles. The summed E-state index contributed by atoms with van der Waals surface area (Å²) >= 11 is 0. The van der Waals surface area contributed by atoms with Crippen molar-refractivity contribution in [1.29, 1.82) is 0 Å². The van der Waals surface area contributed by atoms with Crippen LogP contribution >= 0.6 is 0 Å². The largest absolute Gasteiger partial charge is 0.359 e. The Bertz CT molecular complexity index is 490. The van der Waals surface area contributed by atoms with Crippen molar-refractivity contribution in [3.63, 3.8) is 0 Å². The van der Waals surface area contributed by atoms with Gasteiger partial charge in [0.05, 0.1) is 12.0 Å². The Morgan fingerprint density at radius 2 is 2.10 bits per heavy atom. The van der Waals surface area contributed by atoms with Crippen molar-refractivity contribution < 1.29 is 9.59 Å². The van der Waals surface area contributed by atoms with E-state index in [0.717, 1.165) is 18.4 Å². The molecule has 1 aliphatic heterocycles. The summed E-state index contributed by atoms with van der Waals surface area (Å²) in [5, 5.41) is 2.66. The molecule has 2 amide bonds. The van der Waals surface area contributed by atoms with E-state index in [1.807, 2.05) is 30.3 Å². The zero-order valence-corrected chi connectivity index (χ0v) is 12.4. The number of nitrogens with one attached hydrogen (secondary N) is 1. The standard InChI is InChI=1S/C16H23N3O2/c1-18-15(20)13-8-5-9-19(11-13)16(21)14(17)10-12-6-3-2-4-7-12/h2-4,6-7,13-14H,5,8-11,17H2,1H3,(H,18,20)/t13?,14-/m0/s1. The smallest absolute Gasteiger partial charge is 0.239 e. The first-order valence-electron chi connectivity index (χ1n) is 7.41. The Morgan fingerprint density at radius 1 is 1.38 bits per heavy atom. The van der Waals surface area contributed by atoms with Crippen LogP contribution in [0, 0.1) is 5.92 Å². The molecule has 1 heterocycles. The van der Waals surface area contributed by atoms with Gasteiger partial charge in [-0.25, -0.2) is 0 Å². The lowest BCUT2D eigenvalue weighted by Gasteiger charge is -2.33. The van der Waals surface area contributed by atoms with Crippen molar-refractivity contribution in [2.45, 2.75) is 25.3 Å². The van der Waals surface area contributed by atoms with Crippen molar-refractivity contribution >= 4 is 11.8 Å². The SMILES string of the molecule is CNC(=O)C1CCCN(C(=O)[C@@H](N)Cc2ccccc2)C1. The van der Waals surface area contributed by atoms with Gasteiger partial charge in [0.15, 0.2) is 0 Å². The van der Waals surface area contributed by atoms with E-state index in [1.165, 1.54) is 0 Å². The molecule has 3 N–H and O–H groups in total. The van der Waals surface area contributed by atoms with Gasteiger partial charge in [-0.2, -0.15) is 0 Å². The van der Waals surface area contributed by atoms with Gasteiger partial charge < -0.3 is 16.0 Å². The van der Waals surface area contributed by atoms with E-state index < -0.39 is 6.04 Å². The van der Waals surface area contributed by atoms with E-state index >= 15 is 0 Å². The van der Waals surface area contributed by atoms with E-state index in [1.54, 1.807) is 11.9 Å². The molecule has 1 aromatic carbocycles. The summed E-state index contributed by atoms with van der Waals surface area (Å²) in [5.74, 6) is -0.173. The van der Waals surface area contributed by atoms with E-state index in [0.29, 0.717) is 19.5 Å². The lowest BCUT2D eigenvalue weighted by molar-refractivity contribution is -0.136. The van der Waals surface area contributed by atoms with Crippen molar-refractivity contribution in [1.82, 2.24) is 10.2 Å². The van der Waals surface area contributed by atoms with E-state index in [-0.39, 0.29) is 17.7 Å². The summed E-state index contributed by atoms with van der Waals surface area (Å²) in [7, 11) is 1.63. The third-order valence-electron chi connectivity index (χ3n) is 3.97. The van der Waals surface area contributed by atoms with E-state index in [4.69, 9.17) is 5.73 Å². The molecule has 1 aliphatic rings. The van der Waals surface area contributed by atoms with Crippen molar-refractivity contribution in [3.8, 4) is 0 Å². The van der Waals surface area contributed by atoms with Crippen LogP contribution in [0.3, 0.4) is 0 Å². The molecule has 1 aromatic rings. The molecular weight excluding hydrogens is 266 g/mol. The maximum atomic E-state index is 12.4. The maximum absolute atomic E-state index is 12.4. The number of nitrogens with two attached hydrogens (primary N) is 1. The average molecular weight is 289 g/mol. The Kier molecular flexibility index (Phi) is 5.33. The van der Waals surface area contributed by atoms with Crippen LogP contribution in [0.4, 0.5) is 0 Å². The van der Waals surface area contributed by atoms with Crippen LogP contribution in [0.25, 0.3) is 0 Å². The lowest BCUT2D eigenvalue weighted by Crippen LogP contribution is -2.50. The number of carbonyl (C=O) groups is 2. The first kappa shape index (κ1) is 15.5. The molecule has 5 nitrogen and oxygen atoms in total. The van der Waals surface area contributed by atoms with Gasteiger partial charge in [-0.05, 0) is 24.8 Å². The van der Waals surface area contributed by atoms with Crippen LogP contribution in [0.15, 0.2) is 30.3 Å². The molecule has 0 spiro atoms. The van der Waals surface area contributed by atoms with Crippen molar-refractivity contribution in [3.05, 3.63) is 35.9 Å². The van der Waals surface area contributed by atoms with Gasteiger partial charge in [-0.1, -0.05) is 30.3 Å². The maximum Gasteiger partial charge on any atom is 0.239 e. The summed E-state index contributed by atoms with van der Waals surface area (Å²) in [6.45, 7) is 1.16. The van der Waals surface area contributed by atoms with Gasteiger partial charge in [0, 0.05) is 20.1 Å². The first-order valence-corrected chi connectivity index (χ1v) is 7.41. The topological polar surface area (TPSA) is 75.4 Å².